The molecule has 8 unspecified atom stereocenters. The van der Waals surface area contributed by atoms with Crippen LogP contribution in [0.4, 0.5) is 0 Å². The van der Waals surface area contributed by atoms with E-state index in [1.165, 1.54) is 19.3 Å². The first-order valence-corrected chi connectivity index (χ1v) is 23.0. The van der Waals surface area contributed by atoms with Crippen LogP contribution >= 0.6 is 0 Å². The summed E-state index contributed by atoms with van der Waals surface area (Å²) in [5.41, 5.74) is -4.10. The van der Waals surface area contributed by atoms with Crippen molar-refractivity contribution in [1.29, 1.82) is 0 Å². The lowest BCUT2D eigenvalue weighted by Crippen LogP contribution is -2.61. The first-order chi connectivity index (χ1) is 26.5. The minimum Gasteiger partial charge on any atom is -0.459 e. The van der Waals surface area contributed by atoms with Gasteiger partial charge in [-0.15, -0.1) is 0 Å². The molecule has 10 heteroatoms. The highest BCUT2D eigenvalue weighted by Gasteiger charge is 2.62. The standard InChI is InChI=1S/C16H26O4.C16H26O3.C15H24O3/c1-3-14(2,10-17)13(18)20-16-7-11-4-12(8-16)6-15(19,5-11)9-16;1-4-14(2,3)13(17)19-16-8-11-5-12(9-16)7-15(18,6-11)10-16;1-3-10(2)13(16)18-15-7-11-4-12(8-15)6-14(17,5-11)9-15/h11-12,17,19H,3-10H2,1-2H3;11-12,18H,4-10H2,1-3H3;10-12,17H,3-9H2,1-2H3. The second-order valence-electron chi connectivity index (χ2n) is 22.9. The fourth-order valence-corrected chi connectivity index (χ4v) is 14.4. The molecular formula is C47H76O10. The van der Waals surface area contributed by atoms with Crippen molar-refractivity contribution in [2.24, 2.45) is 52.3 Å². The summed E-state index contributed by atoms with van der Waals surface area (Å²) < 4.78 is 17.7. The van der Waals surface area contributed by atoms with E-state index in [4.69, 9.17) is 14.2 Å². The van der Waals surface area contributed by atoms with Crippen molar-refractivity contribution in [3.63, 3.8) is 0 Å². The summed E-state index contributed by atoms with van der Waals surface area (Å²) in [6, 6.07) is 0. The normalized spacial score (nSPS) is 45.5. The van der Waals surface area contributed by atoms with Crippen LogP contribution in [0.1, 0.15) is 183 Å². The number of hydrogen-bond donors (Lipinski definition) is 4. The Morgan fingerprint density at radius 1 is 0.561 bits per heavy atom. The smallest absolute Gasteiger partial charge is 0.314 e. The number of hydrogen-bond acceptors (Lipinski definition) is 10. The third-order valence-corrected chi connectivity index (χ3v) is 16.9. The van der Waals surface area contributed by atoms with Gasteiger partial charge in [0.2, 0.25) is 0 Å². The van der Waals surface area contributed by atoms with E-state index in [1.807, 2.05) is 41.5 Å². The van der Waals surface area contributed by atoms with E-state index in [1.54, 1.807) is 6.92 Å². The topological polar surface area (TPSA) is 160 Å². The van der Waals surface area contributed by atoms with E-state index in [-0.39, 0.29) is 41.6 Å². The van der Waals surface area contributed by atoms with Crippen LogP contribution in [-0.2, 0) is 28.6 Å². The van der Waals surface area contributed by atoms with Crippen LogP contribution in [0.15, 0.2) is 0 Å². The Morgan fingerprint density at radius 3 is 1.18 bits per heavy atom. The summed E-state index contributed by atoms with van der Waals surface area (Å²) in [7, 11) is 0. The Bertz CT molecular complexity index is 1490. The van der Waals surface area contributed by atoms with E-state index in [0.717, 1.165) is 89.9 Å². The molecule has 0 aliphatic heterocycles. The number of aliphatic hydroxyl groups excluding tert-OH is 1. The molecule has 12 aliphatic carbocycles. The lowest BCUT2D eigenvalue weighted by molar-refractivity contribution is -0.227. The zero-order valence-electron chi connectivity index (χ0n) is 36.3. The van der Waals surface area contributed by atoms with Crippen molar-refractivity contribution >= 4 is 17.9 Å². The highest BCUT2D eigenvalue weighted by molar-refractivity contribution is 5.77. The molecule has 12 fully saturated rings. The third-order valence-electron chi connectivity index (χ3n) is 16.9. The number of ether oxygens (including phenoxy) is 3. The molecule has 0 radical (unpaired) electrons. The number of aliphatic hydroxyl groups is 4. The van der Waals surface area contributed by atoms with Crippen molar-refractivity contribution in [1.82, 2.24) is 0 Å². The maximum absolute atomic E-state index is 12.5. The zero-order chi connectivity index (χ0) is 41.5. The molecule has 0 aromatic carbocycles. The Morgan fingerprint density at radius 2 is 0.895 bits per heavy atom. The van der Waals surface area contributed by atoms with Crippen LogP contribution in [0.2, 0.25) is 0 Å². The van der Waals surface area contributed by atoms with E-state index in [0.29, 0.717) is 61.2 Å². The molecule has 10 nitrogen and oxygen atoms in total. The monoisotopic (exact) mass is 801 g/mol. The molecule has 12 aliphatic rings. The van der Waals surface area contributed by atoms with Gasteiger partial charge in [-0.25, -0.2) is 0 Å². The molecule has 57 heavy (non-hydrogen) atoms. The van der Waals surface area contributed by atoms with E-state index in [9.17, 15) is 34.8 Å². The van der Waals surface area contributed by atoms with Gasteiger partial charge in [-0.3, -0.25) is 14.4 Å². The molecule has 0 aromatic heterocycles. The highest BCUT2D eigenvalue weighted by atomic mass is 16.6. The second kappa shape index (κ2) is 15.0. The quantitative estimate of drug-likeness (QED) is 0.127. The fourth-order valence-electron chi connectivity index (χ4n) is 14.4. The summed E-state index contributed by atoms with van der Waals surface area (Å²) in [4.78, 5) is 36.9. The van der Waals surface area contributed by atoms with Gasteiger partial charge in [0.1, 0.15) is 16.8 Å². The molecule has 0 aromatic rings. The van der Waals surface area contributed by atoms with Gasteiger partial charge in [-0.2, -0.15) is 0 Å². The first kappa shape index (κ1) is 43.3. The fraction of sp³-hybridized carbons (Fsp3) is 0.936. The summed E-state index contributed by atoms with van der Waals surface area (Å²) in [6.07, 6.45) is 18.8. The van der Waals surface area contributed by atoms with E-state index in [2.05, 4.69) is 0 Å². The van der Waals surface area contributed by atoms with Gasteiger partial charge in [0.15, 0.2) is 0 Å². The largest absolute Gasteiger partial charge is 0.459 e. The minimum atomic E-state index is -0.814. The maximum Gasteiger partial charge on any atom is 0.314 e. The van der Waals surface area contributed by atoms with Gasteiger partial charge in [0.05, 0.1) is 40.2 Å². The molecule has 0 saturated heterocycles. The minimum absolute atomic E-state index is 0.0207. The molecule has 0 spiro atoms. The summed E-state index contributed by atoms with van der Waals surface area (Å²) >= 11 is 0. The highest BCUT2D eigenvalue weighted by Crippen LogP contribution is 2.61. The average Bonchev–Trinajstić information content (AvgIpc) is 3.07. The predicted molar refractivity (Wildman–Crippen MR) is 214 cm³/mol. The molecule has 0 amide bonds. The Kier molecular flexibility index (Phi) is 11.4. The molecule has 0 heterocycles. The zero-order valence-corrected chi connectivity index (χ0v) is 36.3. The van der Waals surface area contributed by atoms with Gasteiger partial charge in [-0.05, 0) is 172 Å². The molecule has 8 atom stereocenters. The molecule has 12 bridgehead atoms. The van der Waals surface area contributed by atoms with E-state index >= 15 is 0 Å². The van der Waals surface area contributed by atoms with Crippen LogP contribution in [0.25, 0.3) is 0 Å². The van der Waals surface area contributed by atoms with Crippen molar-refractivity contribution in [2.45, 2.75) is 217 Å². The van der Waals surface area contributed by atoms with Gasteiger partial charge in [0, 0.05) is 19.3 Å². The number of esters is 3. The third kappa shape index (κ3) is 8.73. The van der Waals surface area contributed by atoms with Gasteiger partial charge >= 0.3 is 17.9 Å². The maximum atomic E-state index is 12.5. The van der Waals surface area contributed by atoms with E-state index < -0.39 is 33.2 Å². The van der Waals surface area contributed by atoms with Crippen LogP contribution < -0.4 is 0 Å². The number of rotatable bonds is 10. The first-order valence-electron chi connectivity index (χ1n) is 23.0. The molecule has 12 rings (SSSR count). The second-order valence-corrected chi connectivity index (χ2v) is 22.9. The van der Waals surface area contributed by atoms with Crippen molar-refractivity contribution in [3.8, 4) is 0 Å². The average molecular weight is 801 g/mol. The van der Waals surface area contributed by atoms with Crippen LogP contribution in [0.3, 0.4) is 0 Å². The number of carbonyl (C=O) groups excluding carboxylic acids is 3. The lowest BCUT2D eigenvalue weighted by Gasteiger charge is -2.59. The van der Waals surface area contributed by atoms with Crippen molar-refractivity contribution in [2.75, 3.05) is 6.61 Å². The predicted octanol–water partition coefficient (Wildman–Crippen LogP) is 7.73. The molecule has 324 valence electrons. The van der Waals surface area contributed by atoms with Crippen LogP contribution in [0, 0.1) is 52.3 Å². The van der Waals surface area contributed by atoms with Crippen molar-refractivity contribution in [3.05, 3.63) is 0 Å². The van der Waals surface area contributed by atoms with Gasteiger partial charge in [0.25, 0.3) is 0 Å². The van der Waals surface area contributed by atoms with Gasteiger partial charge in [-0.1, -0.05) is 27.7 Å². The van der Waals surface area contributed by atoms with Crippen LogP contribution in [0.5, 0.6) is 0 Å². The summed E-state index contributed by atoms with van der Waals surface area (Å²) in [5, 5.41) is 41.4. The Labute approximate surface area is 341 Å². The van der Waals surface area contributed by atoms with Crippen molar-refractivity contribution < 1.29 is 49.0 Å². The van der Waals surface area contributed by atoms with Gasteiger partial charge < -0.3 is 34.6 Å². The Balaban J connectivity index is 0.000000131. The number of carbonyl (C=O) groups is 3. The lowest BCUT2D eigenvalue weighted by atomic mass is 9.52. The Hall–Kier alpha value is -1.75. The summed E-state index contributed by atoms with van der Waals surface area (Å²) in [5.74, 6) is 2.78. The molecule has 12 saturated carbocycles. The molecular weight excluding hydrogens is 725 g/mol. The SMILES string of the molecule is CCC(C)(C)C(=O)OC12CC3CC(CC(O)(C3)C1)C2.CCC(C)(CO)C(=O)OC12CC3CC(CC(O)(C3)C1)C2.CCC(C)C(=O)OC12CC3CC(CC(O)(C3)C1)C2. The summed E-state index contributed by atoms with van der Waals surface area (Å²) in [6.45, 7) is 13.3. The van der Waals surface area contributed by atoms with Crippen LogP contribution in [-0.4, -0.2) is 78.5 Å². The molecule has 4 N–H and O–H groups in total.